The van der Waals surface area contributed by atoms with Crippen molar-refractivity contribution in [2.75, 3.05) is 0 Å². The standard InChI is InChI=1S/C15H14BrNO2S/c1-10-12(16)7-8-14(17-10)20-13(15(18)19)9-11-5-3-2-4-6-11/h2-8,13H,9H2,1H3,(H,18,19). The number of halogens is 1. The third-order valence-electron chi connectivity index (χ3n) is 2.80. The van der Waals surface area contributed by atoms with Gasteiger partial charge in [0.25, 0.3) is 0 Å². The lowest BCUT2D eigenvalue weighted by Crippen LogP contribution is -2.19. The molecule has 1 heterocycles. The van der Waals surface area contributed by atoms with E-state index in [1.54, 1.807) is 0 Å². The summed E-state index contributed by atoms with van der Waals surface area (Å²) in [7, 11) is 0. The lowest BCUT2D eigenvalue weighted by atomic mass is 10.1. The first kappa shape index (κ1) is 15.1. The highest BCUT2D eigenvalue weighted by atomic mass is 79.9. The molecule has 0 saturated carbocycles. The number of carboxylic acid groups (broad SMARTS) is 1. The van der Waals surface area contributed by atoms with Gasteiger partial charge in [0.1, 0.15) is 5.25 Å². The highest BCUT2D eigenvalue weighted by molar-refractivity contribution is 9.10. The summed E-state index contributed by atoms with van der Waals surface area (Å²) in [4.78, 5) is 15.8. The van der Waals surface area contributed by atoms with Crippen molar-refractivity contribution in [3.63, 3.8) is 0 Å². The second-order valence-electron chi connectivity index (χ2n) is 4.35. The second-order valence-corrected chi connectivity index (χ2v) is 6.43. The fourth-order valence-electron chi connectivity index (χ4n) is 1.74. The van der Waals surface area contributed by atoms with Crippen LogP contribution in [0.5, 0.6) is 0 Å². The number of thioether (sulfide) groups is 1. The number of hydrogen-bond donors (Lipinski definition) is 1. The van der Waals surface area contributed by atoms with Gasteiger partial charge in [-0.15, -0.1) is 0 Å². The van der Waals surface area contributed by atoms with Crippen LogP contribution in [0, 0.1) is 6.92 Å². The molecule has 0 radical (unpaired) electrons. The van der Waals surface area contributed by atoms with Gasteiger partial charge in [0.15, 0.2) is 0 Å². The van der Waals surface area contributed by atoms with E-state index in [1.165, 1.54) is 11.8 Å². The Morgan fingerprint density at radius 2 is 2.00 bits per heavy atom. The van der Waals surface area contributed by atoms with Crippen LogP contribution in [0.2, 0.25) is 0 Å². The Morgan fingerprint density at radius 1 is 1.30 bits per heavy atom. The molecule has 0 aliphatic heterocycles. The Bertz CT molecular complexity index is 604. The zero-order valence-corrected chi connectivity index (χ0v) is 13.3. The van der Waals surface area contributed by atoms with Gasteiger partial charge in [-0.2, -0.15) is 0 Å². The number of pyridine rings is 1. The molecule has 1 N–H and O–H groups in total. The SMILES string of the molecule is Cc1nc(SC(Cc2ccccc2)C(=O)O)ccc1Br. The molecular formula is C15H14BrNO2S. The molecule has 0 saturated heterocycles. The van der Waals surface area contributed by atoms with E-state index in [0.29, 0.717) is 6.42 Å². The third-order valence-corrected chi connectivity index (χ3v) is 4.76. The highest BCUT2D eigenvalue weighted by Gasteiger charge is 2.20. The predicted molar refractivity (Wildman–Crippen MR) is 84.1 cm³/mol. The largest absolute Gasteiger partial charge is 0.480 e. The van der Waals surface area contributed by atoms with Crippen molar-refractivity contribution >= 4 is 33.7 Å². The Kier molecular flexibility index (Phi) is 5.20. The zero-order valence-electron chi connectivity index (χ0n) is 10.9. The molecule has 0 aliphatic rings. The van der Waals surface area contributed by atoms with E-state index in [9.17, 15) is 9.90 Å². The summed E-state index contributed by atoms with van der Waals surface area (Å²) >= 11 is 4.67. The fourth-order valence-corrected chi connectivity index (χ4v) is 2.97. The van der Waals surface area contributed by atoms with Crippen molar-refractivity contribution in [3.05, 3.63) is 58.2 Å². The van der Waals surface area contributed by atoms with E-state index in [-0.39, 0.29) is 0 Å². The first-order valence-corrected chi connectivity index (χ1v) is 7.80. The van der Waals surface area contributed by atoms with Crippen molar-refractivity contribution in [3.8, 4) is 0 Å². The summed E-state index contributed by atoms with van der Waals surface area (Å²) < 4.78 is 0.928. The molecule has 2 rings (SSSR count). The minimum Gasteiger partial charge on any atom is -0.480 e. The molecule has 1 unspecified atom stereocenters. The van der Waals surface area contributed by atoms with Crippen LogP contribution in [0.15, 0.2) is 52.0 Å². The number of aliphatic carboxylic acids is 1. The van der Waals surface area contributed by atoms with Crippen LogP contribution in [0.3, 0.4) is 0 Å². The molecule has 3 nitrogen and oxygen atoms in total. The molecular weight excluding hydrogens is 338 g/mol. The second kappa shape index (κ2) is 6.90. The van der Waals surface area contributed by atoms with E-state index in [2.05, 4.69) is 20.9 Å². The first-order chi connectivity index (χ1) is 9.56. The molecule has 1 aromatic carbocycles. The number of benzene rings is 1. The van der Waals surface area contributed by atoms with Gasteiger partial charge in [0.05, 0.1) is 10.7 Å². The summed E-state index contributed by atoms with van der Waals surface area (Å²) in [5.74, 6) is -0.818. The van der Waals surface area contributed by atoms with E-state index in [0.717, 1.165) is 20.8 Å². The number of aryl methyl sites for hydroxylation is 1. The molecule has 0 spiro atoms. The quantitative estimate of drug-likeness (QED) is 0.828. The minimum absolute atomic E-state index is 0.484. The van der Waals surface area contributed by atoms with Gasteiger partial charge in [-0.05, 0) is 47.0 Å². The predicted octanol–water partition coefficient (Wildman–Crippen LogP) is 3.94. The van der Waals surface area contributed by atoms with E-state index in [1.807, 2.05) is 49.4 Å². The molecule has 0 fully saturated rings. The Balaban J connectivity index is 2.13. The van der Waals surface area contributed by atoms with Crippen molar-refractivity contribution in [1.82, 2.24) is 4.98 Å². The number of hydrogen-bond acceptors (Lipinski definition) is 3. The van der Waals surface area contributed by atoms with Crippen LogP contribution in [0.4, 0.5) is 0 Å². The van der Waals surface area contributed by atoms with Crippen LogP contribution in [0.25, 0.3) is 0 Å². The monoisotopic (exact) mass is 351 g/mol. The summed E-state index contributed by atoms with van der Waals surface area (Å²) in [5, 5.41) is 9.56. The molecule has 0 amide bonds. The van der Waals surface area contributed by atoms with Crippen molar-refractivity contribution in [1.29, 1.82) is 0 Å². The molecule has 1 atom stereocenters. The average Bonchev–Trinajstić information content (AvgIpc) is 2.43. The fraction of sp³-hybridized carbons (Fsp3) is 0.200. The third kappa shape index (κ3) is 4.08. The molecule has 5 heteroatoms. The van der Waals surface area contributed by atoms with Gasteiger partial charge in [-0.1, -0.05) is 42.1 Å². The number of carbonyl (C=O) groups is 1. The number of carboxylic acids is 1. The van der Waals surface area contributed by atoms with Crippen LogP contribution < -0.4 is 0 Å². The van der Waals surface area contributed by atoms with Gasteiger partial charge in [-0.3, -0.25) is 4.79 Å². The smallest absolute Gasteiger partial charge is 0.317 e. The van der Waals surface area contributed by atoms with Crippen LogP contribution in [0.1, 0.15) is 11.3 Å². The summed E-state index contributed by atoms with van der Waals surface area (Å²) in [6.07, 6.45) is 0.484. The van der Waals surface area contributed by atoms with Crippen LogP contribution in [-0.2, 0) is 11.2 Å². The van der Waals surface area contributed by atoms with Gasteiger partial charge in [0, 0.05) is 4.47 Å². The Hall–Kier alpha value is -1.33. The molecule has 1 aromatic heterocycles. The summed E-state index contributed by atoms with van der Waals surface area (Å²) in [5.41, 5.74) is 1.88. The van der Waals surface area contributed by atoms with Gasteiger partial charge < -0.3 is 5.11 Å². The molecule has 0 bridgehead atoms. The van der Waals surface area contributed by atoms with E-state index >= 15 is 0 Å². The Labute approximate surface area is 130 Å². The summed E-state index contributed by atoms with van der Waals surface area (Å²) in [6, 6.07) is 13.4. The van der Waals surface area contributed by atoms with Crippen LogP contribution >= 0.6 is 27.7 Å². The summed E-state index contributed by atoms with van der Waals surface area (Å²) in [6.45, 7) is 1.89. The normalized spacial score (nSPS) is 12.1. The van der Waals surface area contributed by atoms with E-state index < -0.39 is 11.2 Å². The topological polar surface area (TPSA) is 50.2 Å². The molecule has 2 aromatic rings. The lowest BCUT2D eigenvalue weighted by Gasteiger charge is -2.12. The van der Waals surface area contributed by atoms with Crippen molar-refractivity contribution in [2.24, 2.45) is 0 Å². The maximum absolute atomic E-state index is 11.4. The van der Waals surface area contributed by atoms with Crippen molar-refractivity contribution < 1.29 is 9.90 Å². The number of aromatic nitrogens is 1. The van der Waals surface area contributed by atoms with Gasteiger partial charge in [-0.25, -0.2) is 4.98 Å². The minimum atomic E-state index is -0.818. The highest BCUT2D eigenvalue weighted by Crippen LogP contribution is 2.26. The number of rotatable bonds is 5. The first-order valence-electron chi connectivity index (χ1n) is 6.13. The molecule has 104 valence electrons. The molecule has 20 heavy (non-hydrogen) atoms. The van der Waals surface area contributed by atoms with Gasteiger partial charge in [0.2, 0.25) is 0 Å². The van der Waals surface area contributed by atoms with Crippen LogP contribution in [-0.4, -0.2) is 21.3 Å². The van der Waals surface area contributed by atoms with Crippen molar-refractivity contribution in [2.45, 2.75) is 23.6 Å². The zero-order chi connectivity index (χ0) is 14.5. The number of nitrogens with zero attached hydrogens (tertiary/aromatic N) is 1. The average molecular weight is 352 g/mol. The maximum Gasteiger partial charge on any atom is 0.317 e. The lowest BCUT2D eigenvalue weighted by molar-refractivity contribution is -0.136. The maximum atomic E-state index is 11.4. The van der Waals surface area contributed by atoms with E-state index in [4.69, 9.17) is 0 Å². The Morgan fingerprint density at radius 3 is 2.60 bits per heavy atom. The van der Waals surface area contributed by atoms with Gasteiger partial charge >= 0.3 is 5.97 Å². The molecule has 0 aliphatic carbocycles.